The van der Waals surface area contributed by atoms with E-state index in [9.17, 15) is 5.11 Å². The van der Waals surface area contributed by atoms with Crippen LogP contribution in [0.3, 0.4) is 0 Å². The van der Waals surface area contributed by atoms with Gasteiger partial charge in [0.25, 0.3) is 0 Å². The smallest absolute Gasteiger partial charge is 0.170 e. The van der Waals surface area contributed by atoms with Gasteiger partial charge in [-0.25, -0.2) is 9.67 Å². The molecule has 1 atom stereocenters. The van der Waals surface area contributed by atoms with Crippen LogP contribution in [0.1, 0.15) is 18.2 Å². The van der Waals surface area contributed by atoms with Crippen molar-refractivity contribution in [1.29, 1.82) is 5.26 Å². The van der Waals surface area contributed by atoms with Gasteiger partial charge in [-0.3, -0.25) is 0 Å². The van der Waals surface area contributed by atoms with E-state index in [1.165, 1.54) is 10.9 Å². The Labute approximate surface area is 68.6 Å². The molecule has 60 valence electrons. The summed E-state index contributed by atoms with van der Waals surface area (Å²) < 4.78 is 1.35. The van der Waals surface area contributed by atoms with Crippen LogP contribution in [-0.4, -0.2) is 21.1 Å². The van der Waals surface area contributed by atoms with Crippen LogP contribution in [0, 0.1) is 11.3 Å². The Bertz CT molecular complexity index is 373. The Morgan fingerprint density at radius 3 is 3.33 bits per heavy atom. The van der Waals surface area contributed by atoms with Crippen LogP contribution in [0.5, 0.6) is 0 Å². The molecule has 12 heavy (non-hydrogen) atoms. The normalized spacial score (nSPS) is 20.2. The number of nitrogens with zero attached hydrogens (tertiary/aromatic N) is 4. The van der Waals surface area contributed by atoms with Gasteiger partial charge in [-0.15, -0.1) is 0 Å². The summed E-state index contributed by atoms with van der Waals surface area (Å²) in [4.78, 5) is 3.97. The minimum absolute atomic E-state index is 0.394. The molecule has 0 bridgehead atoms. The van der Waals surface area contributed by atoms with E-state index < -0.39 is 6.23 Å². The second-order valence-electron chi connectivity index (χ2n) is 2.47. The van der Waals surface area contributed by atoms with Crippen molar-refractivity contribution in [2.75, 3.05) is 0 Å². The van der Waals surface area contributed by atoms with Gasteiger partial charge in [-0.2, -0.15) is 10.4 Å². The van der Waals surface area contributed by atoms with Crippen molar-refractivity contribution in [3.8, 4) is 6.07 Å². The zero-order valence-corrected chi connectivity index (χ0v) is 6.18. The number of hydrogen-bond acceptors (Lipinski definition) is 4. The lowest BCUT2D eigenvalue weighted by molar-refractivity contribution is 0.0988. The zero-order chi connectivity index (χ0) is 8.55. The molecule has 0 aliphatic carbocycles. The molecule has 1 N–H and O–H groups in total. The molecular formula is C7H6N4O. The molecular weight excluding hydrogens is 156 g/mol. The van der Waals surface area contributed by atoms with E-state index in [0.717, 1.165) is 0 Å². The predicted molar refractivity (Wildman–Crippen MR) is 41.0 cm³/mol. The summed E-state index contributed by atoms with van der Waals surface area (Å²) in [5.74, 6) is 0.441. The van der Waals surface area contributed by atoms with Gasteiger partial charge < -0.3 is 5.11 Å². The summed E-state index contributed by atoms with van der Waals surface area (Å²) in [6, 6.07) is 1.95. The third-order valence-electron chi connectivity index (χ3n) is 1.70. The molecule has 1 aliphatic rings. The molecule has 0 fully saturated rings. The first kappa shape index (κ1) is 7.00. The highest BCUT2D eigenvalue weighted by Crippen LogP contribution is 2.25. The van der Waals surface area contributed by atoms with Crippen LogP contribution >= 0.6 is 0 Å². The lowest BCUT2D eigenvalue weighted by Gasteiger charge is -2.13. The topological polar surface area (TPSA) is 74.2 Å². The molecule has 2 rings (SSSR count). The Morgan fingerprint density at radius 1 is 1.75 bits per heavy atom. The monoisotopic (exact) mass is 162 g/mol. The van der Waals surface area contributed by atoms with E-state index >= 15 is 0 Å². The molecule has 0 aromatic carbocycles. The maximum absolute atomic E-state index is 9.37. The summed E-state index contributed by atoms with van der Waals surface area (Å²) >= 11 is 0. The molecule has 0 amide bonds. The zero-order valence-electron chi connectivity index (χ0n) is 6.18. The SMILES string of the molecule is N#Cc1cnn2c1N=CCC2O. The predicted octanol–water partition coefficient (Wildman–Crippen LogP) is 0.352. The Balaban J connectivity index is 2.59. The maximum Gasteiger partial charge on any atom is 0.170 e. The second kappa shape index (κ2) is 2.43. The third-order valence-corrected chi connectivity index (χ3v) is 1.70. The summed E-state index contributed by atoms with van der Waals surface area (Å²) in [6.45, 7) is 0. The highest BCUT2D eigenvalue weighted by atomic mass is 16.3. The highest BCUT2D eigenvalue weighted by Gasteiger charge is 2.18. The van der Waals surface area contributed by atoms with Gasteiger partial charge in [-0.05, 0) is 0 Å². The number of hydrogen-bond donors (Lipinski definition) is 1. The maximum atomic E-state index is 9.37. The fourth-order valence-electron chi connectivity index (χ4n) is 1.11. The van der Waals surface area contributed by atoms with Crippen molar-refractivity contribution in [3.05, 3.63) is 11.8 Å². The number of fused-ring (bicyclic) bond motifs is 1. The summed E-state index contributed by atoms with van der Waals surface area (Å²) in [6.07, 6.45) is 2.75. The lowest BCUT2D eigenvalue weighted by atomic mass is 10.3. The average molecular weight is 162 g/mol. The molecule has 2 heterocycles. The van der Waals surface area contributed by atoms with E-state index in [0.29, 0.717) is 17.8 Å². The Kier molecular flexibility index (Phi) is 1.42. The first-order valence-corrected chi connectivity index (χ1v) is 3.51. The van der Waals surface area contributed by atoms with Crippen molar-refractivity contribution < 1.29 is 5.11 Å². The molecule has 0 saturated heterocycles. The number of aliphatic imine (C=N–C) groups is 1. The molecule has 5 heteroatoms. The standard InChI is InChI=1S/C7H6N4O/c8-3-5-4-10-11-6(12)1-2-9-7(5)11/h2,4,6,12H,1H2. The van der Waals surface area contributed by atoms with E-state index in [-0.39, 0.29) is 0 Å². The van der Waals surface area contributed by atoms with E-state index in [4.69, 9.17) is 5.26 Å². The summed E-state index contributed by atoms with van der Waals surface area (Å²) in [5.41, 5.74) is 0.394. The van der Waals surface area contributed by atoms with Crippen molar-refractivity contribution in [3.63, 3.8) is 0 Å². The fourth-order valence-corrected chi connectivity index (χ4v) is 1.11. The van der Waals surface area contributed by atoms with Crippen LogP contribution in [0.2, 0.25) is 0 Å². The fraction of sp³-hybridized carbons (Fsp3) is 0.286. The van der Waals surface area contributed by atoms with Gasteiger partial charge in [0, 0.05) is 12.6 Å². The van der Waals surface area contributed by atoms with Crippen LogP contribution in [-0.2, 0) is 0 Å². The van der Waals surface area contributed by atoms with Crippen molar-refractivity contribution in [1.82, 2.24) is 9.78 Å². The number of rotatable bonds is 0. The number of nitriles is 1. The van der Waals surface area contributed by atoms with Gasteiger partial charge in [-0.1, -0.05) is 0 Å². The number of aromatic nitrogens is 2. The van der Waals surface area contributed by atoms with Crippen LogP contribution in [0.25, 0.3) is 0 Å². The molecule has 1 aromatic rings. The van der Waals surface area contributed by atoms with Crippen LogP contribution in [0.15, 0.2) is 11.2 Å². The molecule has 1 aliphatic heterocycles. The van der Waals surface area contributed by atoms with Gasteiger partial charge in [0.2, 0.25) is 0 Å². The summed E-state index contributed by atoms with van der Waals surface area (Å²) in [7, 11) is 0. The number of aliphatic hydroxyl groups is 1. The molecule has 5 nitrogen and oxygen atoms in total. The van der Waals surface area contributed by atoms with Crippen molar-refractivity contribution in [2.24, 2.45) is 4.99 Å². The van der Waals surface area contributed by atoms with E-state index in [2.05, 4.69) is 10.1 Å². The molecule has 0 spiro atoms. The quantitative estimate of drug-likeness (QED) is 0.598. The van der Waals surface area contributed by atoms with Gasteiger partial charge in [0.05, 0.1) is 6.20 Å². The Morgan fingerprint density at radius 2 is 2.58 bits per heavy atom. The third kappa shape index (κ3) is 0.822. The molecule has 0 saturated carbocycles. The lowest BCUT2D eigenvalue weighted by Crippen LogP contribution is -2.12. The van der Waals surface area contributed by atoms with Gasteiger partial charge >= 0.3 is 0 Å². The van der Waals surface area contributed by atoms with Gasteiger partial charge in [0.1, 0.15) is 11.6 Å². The van der Waals surface area contributed by atoms with E-state index in [1.54, 1.807) is 6.21 Å². The van der Waals surface area contributed by atoms with Crippen LogP contribution < -0.4 is 0 Å². The molecule has 1 unspecified atom stereocenters. The summed E-state index contributed by atoms with van der Waals surface area (Å²) in [5, 5.41) is 21.8. The second-order valence-corrected chi connectivity index (χ2v) is 2.47. The minimum atomic E-state index is -0.681. The average Bonchev–Trinajstić information content (AvgIpc) is 2.49. The minimum Gasteiger partial charge on any atom is -0.371 e. The van der Waals surface area contributed by atoms with E-state index in [1.807, 2.05) is 6.07 Å². The first-order chi connectivity index (χ1) is 5.83. The number of aliphatic hydroxyl groups excluding tert-OH is 1. The van der Waals surface area contributed by atoms with Crippen molar-refractivity contribution >= 4 is 12.0 Å². The first-order valence-electron chi connectivity index (χ1n) is 3.51. The van der Waals surface area contributed by atoms with Crippen molar-refractivity contribution in [2.45, 2.75) is 12.6 Å². The molecule has 1 aromatic heterocycles. The largest absolute Gasteiger partial charge is 0.371 e. The van der Waals surface area contributed by atoms with Crippen LogP contribution in [0.4, 0.5) is 5.82 Å². The Hall–Kier alpha value is -1.67. The molecule has 0 radical (unpaired) electrons. The van der Waals surface area contributed by atoms with Gasteiger partial charge in [0.15, 0.2) is 12.0 Å². The highest BCUT2D eigenvalue weighted by molar-refractivity contribution is 5.66.